The van der Waals surface area contributed by atoms with Gasteiger partial charge in [0.15, 0.2) is 0 Å². The van der Waals surface area contributed by atoms with Crippen molar-refractivity contribution in [2.24, 2.45) is 10.3 Å². The van der Waals surface area contributed by atoms with E-state index in [-0.39, 0.29) is 21.7 Å². The van der Waals surface area contributed by atoms with E-state index in [1.807, 2.05) is 0 Å². The molecule has 0 spiro atoms. The first-order valence-electron chi connectivity index (χ1n) is 8.00. The van der Waals surface area contributed by atoms with Crippen LogP contribution < -0.4 is 26.6 Å². The summed E-state index contributed by atoms with van der Waals surface area (Å²) < 4.78 is 46.3. The van der Waals surface area contributed by atoms with Gasteiger partial charge in [-0.25, -0.2) is 31.9 Å². The van der Waals surface area contributed by atoms with Gasteiger partial charge in [-0.15, -0.1) is 5.10 Å². The van der Waals surface area contributed by atoms with Gasteiger partial charge in [0.05, 0.1) is 15.5 Å². The lowest BCUT2D eigenvalue weighted by Gasteiger charge is -2.06. The summed E-state index contributed by atoms with van der Waals surface area (Å²) in [6.07, 6.45) is 0. The number of carbonyl (C=O) groups excluding carboxylic acids is 1. The van der Waals surface area contributed by atoms with E-state index >= 15 is 0 Å². The SMILES string of the molecule is Nc1nc(NC(=O)Nc2ccc(S(N)(=O)=O)cc2)nn1-c1ccc(S(N)(=O)=O)cc1. The number of primary sulfonamides is 2. The number of nitrogens with two attached hydrogens (primary N) is 3. The number of nitrogens with zero attached hydrogens (tertiary/aromatic N) is 3. The zero-order chi connectivity index (χ0) is 22.1. The fourth-order valence-electron chi connectivity index (χ4n) is 2.34. The normalized spacial score (nSPS) is 11.8. The van der Waals surface area contributed by atoms with Crippen molar-refractivity contribution in [2.75, 3.05) is 16.4 Å². The van der Waals surface area contributed by atoms with Gasteiger partial charge in [-0.1, -0.05) is 0 Å². The second kappa shape index (κ2) is 7.71. The number of nitrogen functional groups attached to an aromatic ring is 1. The summed E-state index contributed by atoms with van der Waals surface area (Å²) >= 11 is 0. The van der Waals surface area contributed by atoms with Crippen LogP contribution in [0.5, 0.6) is 0 Å². The first-order chi connectivity index (χ1) is 13.9. The van der Waals surface area contributed by atoms with Crippen molar-refractivity contribution in [3.05, 3.63) is 48.5 Å². The monoisotopic (exact) mass is 452 g/mol. The Morgan fingerprint density at radius 3 is 1.83 bits per heavy atom. The van der Waals surface area contributed by atoms with E-state index in [0.29, 0.717) is 11.4 Å². The van der Waals surface area contributed by atoms with Gasteiger partial charge in [0.2, 0.25) is 26.0 Å². The second-order valence-corrected chi connectivity index (χ2v) is 9.02. The summed E-state index contributed by atoms with van der Waals surface area (Å²) in [4.78, 5) is 15.8. The van der Waals surface area contributed by atoms with Crippen LogP contribution in [0.15, 0.2) is 58.3 Å². The first kappa shape index (κ1) is 21.2. The maximum Gasteiger partial charge on any atom is 0.326 e. The highest BCUT2D eigenvalue weighted by atomic mass is 32.2. The van der Waals surface area contributed by atoms with Gasteiger partial charge in [0.25, 0.3) is 5.95 Å². The first-order valence-corrected chi connectivity index (χ1v) is 11.1. The van der Waals surface area contributed by atoms with E-state index in [9.17, 15) is 21.6 Å². The van der Waals surface area contributed by atoms with Gasteiger partial charge in [0, 0.05) is 5.69 Å². The summed E-state index contributed by atoms with van der Waals surface area (Å²) in [7, 11) is -7.69. The highest BCUT2D eigenvalue weighted by molar-refractivity contribution is 7.89. The molecule has 0 fully saturated rings. The van der Waals surface area contributed by atoms with Gasteiger partial charge in [-0.3, -0.25) is 5.32 Å². The lowest BCUT2D eigenvalue weighted by atomic mass is 10.3. The molecule has 2 amide bonds. The Kier molecular flexibility index (Phi) is 5.45. The molecule has 0 radical (unpaired) electrons. The van der Waals surface area contributed by atoms with Crippen molar-refractivity contribution in [1.82, 2.24) is 14.8 Å². The highest BCUT2D eigenvalue weighted by Gasteiger charge is 2.14. The molecular weight excluding hydrogens is 436 g/mol. The van der Waals surface area contributed by atoms with Crippen LogP contribution in [0.3, 0.4) is 0 Å². The lowest BCUT2D eigenvalue weighted by molar-refractivity contribution is 0.262. The molecule has 0 aliphatic heterocycles. The Balaban J connectivity index is 1.71. The summed E-state index contributed by atoms with van der Waals surface area (Å²) in [5.74, 6) is -0.187. The number of amides is 2. The largest absolute Gasteiger partial charge is 0.368 e. The Morgan fingerprint density at radius 2 is 1.33 bits per heavy atom. The smallest absolute Gasteiger partial charge is 0.326 e. The van der Waals surface area contributed by atoms with Crippen molar-refractivity contribution in [3.8, 4) is 5.69 Å². The molecule has 13 nitrogen and oxygen atoms in total. The lowest BCUT2D eigenvalue weighted by Crippen LogP contribution is -2.20. The molecular formula is C15H16N8O5S2. The summed E-state index contributed by atoms with van der Waals surface area (Å²) in [6, 6.07) is 9.86. The van der Waals surface area contributed by atoms with Crippen molar-refractivity contribution in [3.63, 3.8) is 0 Å². The van der Waals surface area contributed by atoms with E-state index in [4.69, 9.17) is 16.0 Å². The Labute approximate surface area is 171 Å². The second-order valence-electron chi connectivity index (χ2n) is 5.89. The van der Waals surface area contributed by atoms with Crippen molar-refractivity contribution in [1.29, 1.82) is 0 Å². The molecule has 8 N–H and O–H groups in total. The number of rotatable bonds is 5. The molecule has 158 valence electrons. The van der Waals surface area contributed by atoms with E-state index in [2.05, 4.69) is 20.7 Å². The molecule has 0 atom stereocenters. The Morgan fingerprint density at radius 1 is 0.833 bits per heavy atom. The summed E-state index contributed by atoms with van der Waals surface area (Å²) in [5.41, 5.74) is 6.47. The van der Waals surface area contributed by atoms with Crippen LogP contribution >= 0.6 is 0 Å². The third kappa shape index (κ3) is 4.90. The number of hydrogen-bond acceptors (Lipinski definition) is 8. The van der Waals surface area contributed by atoms with Gasteiger partial charge in [0.1, 0.15) is 0 Å². The zero-order valence-electron chi connectivity index (χ0n) is 15.1. The summed E-state index contributed by atoms with van der Waals surface area (Å²) in [5, 5.41) is 18.9. The van der Waals surface area contributed by atoms with Crippen LogP contribution in [0.4, 0.5) is 22.4 Å². The number of anilines is 3. The minimum absolute atomic E-state index is 0.0637. The van der Waals surface area contributed by atoms with Crippen LogP contribution in [-0.2, 0) is 20.0 Å². The molecule has 1 heterocycles. The fraction of sp³-hybridized carbons (Fsp3) is 0. The van der Waals surface area contributed by atoms with Gasteiger partial charge in [-0.05, 0) is 48.5 Å². The van der Waals surface area contributed by atoms with E-state index < -0.39 is 26.1 Å². The van der Waals surface area contributed by atoms with E-state index in [0.717, 1.165) is 0 Å². The molecule has 3 aromatic rings. The Bertz CT molecular complexity index is 1300. The molecule has 0 aliphatic rings. The van der Waals surface area contributed by atoms with Gasteiger partial charge < -0.3 is 11.1 Å². The average Bonchev–Trinajstić information content (AvgIpc) is 3.00. The molecule has 2 aromatic carbocycles. The van der Waals surface area contributed by atoms with Gasteiger partial charge >= 0.3 is 6.03 Å². The van der Waals surface area contributed by atoms with Crippen LogP contribution in [0.2, 0.25) is 0 Å². The third-order valence-electron chi connectivity index (χ3n) is 3.71. The molecule has 0 unspecified atom stereocenters. The number of nitrogens with one attached hydrogen (secondary N) is 2. The molecule has 0 saturated carbocycles. The maximum absolute atomic E-state index is 12.1. The maximum atomic E-state index is 12.1. The van der Waals surface area contributed by atoms with Crippen molar-refractivity contribution >= 4 is 43.7 Å². The molecule has 0 saturated heterocycles. The minimum Gasteiger partial charge on any atom is -0.368 e. The summed E-state index contributed by atoms with van der Waals surface area (Å²) in [6.45, 7) is 0. The fourth-order valence-corrected chi connectivity index (χ4v) is 3.37. The quantitative estimate of drug-likeness (QED) is 0.348. The number of hydrogen-bond donors (Lipinski definition) is 5. The van der Waals surface area contributed by atoms with Crippen LogP contribution in [-0.4, -0.2) is 37.6 Å². The molecule has 15 heteroatoms. The number of aromatic nitrogens is 3. The predicted molar refractivity (Wildman–Crippen MR) is 108 cm³/mol. The number of benzene rings is 2. The molecule has 0 aliphatic carbocycles. The standard InChI is InChI=1S/C15H16N8O5S2/c16-13-20-14(22-23(13)10-3-7-12(8-4-10)30(18,27)28)21-15(24)19-9-1-5-11(6-2-9)29(17,25)26/h1-8H,(H2,17,25,26)(H2,18,27,28)(H4,16,19,20,21,22,24). The predicted octanol–water partition coefficient (Wildman–Crippen LogP) is -0.212. The molecule has 0 bridgehead atoms. The highest BCUT2D eigenvalue weighted by Crippen LogP contribution is 2.17. The topological polar surface area (TPSA) is 218 Å². The molecule has 1 aromatic heterocycles. The van der Waals surface area contributed by atoms with Crippen molar-refractivity contribution in [2.45, 2.75) is 9.79 Å². The Hall–Kier alpha value is -3.53. The third-order valence-corrected chi connectivity index (χ3v) is 5.57. The molecule has 30 heavy (non-hydrogen) atoms. The number of urea groups is 1. The number of sulfonamides is 2. The molecule has 3 rings (SSSR count). The zero-order valence-corrected chi connectivity index (χ0v) is 16.7. The van der Waals surface area contributed by atoms with E-state index in [1.54, 1.807) is 0 Å². The minimum atomic E-state index is -3.85. The van der Waals surface area contributed by atoms with Crippen LogP contribution in [0, 0.1) is 0 Å². The average molecular weight is 452 g/mol. The van der Waals surface area contributed by atoms with Crippen LogP contribution in [0.1, 0.15) is 0 Å². The number of carbonyl (C=O) groups is 1. The van der Waals surface area contributed by atoms with Crippen LogP contribution in [0.25, 0.3) is 5.69 Å². The van der Waals surface area contributed by atoms with Crippen molar-refractivity contribution < 1.29 is 21.6 Å². The van der Waals surface area contributed by atoms with E-state index in [1.165, 1.54) is 53.2 Å². The van der Waals surface area contributed by atoms with Gasteiger partial charge in [-0.2, -0.15) is 9.67 Å².